The van der Waals surface area contributed by atoms with Crippen molar-refractivity contribution in [1.82, 2.24) is 4.31 Å². The zero-order valence-electron chi connectivity index (χ0n) is 13.1. The van der Waals surface area contributed by atoms with Crippen molar-refractivity contribution in [2.45, 2.75) is 54.8 Å². The van der Waals surface area contributed by atoms with Crippen molar-refractivity contribution in [1.29, 1.82) is 0 Å². The van der Waals surface area contributed by atoms with E-state index < -0.39 is 30.9 Å². The summed E-state index contributed by atoms with van der Waals surface area (Å²) in [5.74, 6) is -0.442. The maximum atomic E-state index is 13.4. The highest BCUT2D eigenvalue weighted by Gasteiger charge is 2.49. The number of hydrogen-bond acceptors (Lipinski definition) is 4. The minimum Gasteiger partial charge on any atom is -0.229 e. The quantitative estimate of drug-likeness (QED) is 0.824. The number of sulfone groups is 1. The van der Waals surface area contributed by atoms with Crippen LogP contribution in [0.1, 0.15) is 31.2 Å². The van der Waals surface area contributed by atoms with Gasteiger partial charge in [-0.3, -0.25) is 0 Å². The number of aryl methyl sites for hydroxylation is 1. The van der Waals surface area contributed by atoms with Crippen LogP contribution in [0, 0.1) is 12.7 Å². The lowest BCUT2D eigenvalue weighted by atomic mass is 10.1. The highest BCUT2D eigenvalue weighted by atomic mass is 32.2. The topological polar surface area (TPSA) is 71.5 Å². The summed E-state index contributed by atoms with van der Waals surface area (Å²) in [6.07, 6.45) is 3.25. The van der Waals surface area contributed by atoms with Gasteiger partial charge in [0.15, 0.2) is 0 Å². The van der Waals surface area contributed by atoms with E-state index in [0.29, 0.717) is 25.7 Å². The number of rotatable bonds is 3. The molecule has 0 aliphatic carbocycles. The van der Waals surface area contributed by atoms with Gasteiger partial charge in [0.1, 0.15) is 15.7 Å². The number of fused-ring (bicyclic) bond motifs is 2. The first-order chi connectivity index (χ1) is 10.6. The second-order valence-electron chi connectivity index (χ2n) is 6.55. The van der Waals surface area contributed by atoms with Crippen molar-refractivity contribution in [2.24, 2.45) is 0 Å². The fourth-order valence-electron chi connectivity index (χ4n) is 3.73. The normalized spacial score (nSPS) is 28.9. The van der Waals surface area contributed by atoms with Crippen LogP contribution in [0.25, 0.3) is 0 Å². The van der Waals surface area contributed by atoms with Gasteiger partial charge < -0.3 is 0 Å². The minimum absolute atomic E-state index is 0.0751. The molecule has 2 heterocycles. The van der Waals surface area contributed by atoms with Gasteiger partial charge in [-0.1, -0.05) is 0 Å². The molecule has 0 spiro atoms. The van der Waals surface area contributed by atoms with E-state index >= 15 is 0 Å². The SMILES string of the molecule is Cc1cc(S(=O)(=O)N2C3CCC2CC(S(C)(=O)=O)C3)ccc1F. The Morgan fingerprint density at radius 2 is 1.65 bits per heavy atom. The molecule has 2 fully saturated rings. The van der Waals surface area contributed by atoms with Crippen LogP contribution in [0.3, 0.4) is 0 Å². The summed E-state index contributed by atoms with van der Waals surface area (Å²) in [7, 11) is -6.90. The zero-order valence-corrected chi connectivity index (χ0v) is 14.7. The molecule has 23 heavy (non-hydrogen) atoms. The number of sulfonamides is 1. The molecule has 8 heteroatoms. The van der Waals surface area contributed by atoms with Gasteiger partial charge in [0.25, 0.3) is 0 Å². The first-order valence-electron chi connectivity index (χ1n) is 7.59. The molecule has 0 aromatic heterocycles. The van der Waals surface area contributed by atoms with E-state index in [2.05, 4.69) is 0 Å². The summed E-state index contributed by atoms with van der Waals surface area (Å²) >= 11 is 0. The maximum absolute atomic E-state index is 13.4. The highest BCUT2D eigenvalue weighted by Crippen LogP contribution is 2.41. The molecule has 0 radical (unpaired) electrons. The predicted molar refractivity (Wildman–Crippen MR) is 84.8 cm³/mol. The number of piperidine rings is 1. The predicted octanol–water partition coefficient (Wildman–Crippen LogP) is 1.86. The number of halogens is 1. The molecule has 1 aromatic carbocycles. The van der Waals surface area contributed by atoms with Crippen LogP contribution >= 0.6 is 0 Å². The Morgan fingerprint density at radius 1 is 1.09 bits per heavy atom. The average Bonchev–Trinajstić information content (AvgIpc) is 2.72. The van der Waals surface area contributed by atoms with Gasteiger partial charge in [0, 0.05) is 18.3 Å². The molecular weight excluding hydrogens is 341 g/mol. The van der Waals surface area contributed by atoms with E-state index in [0.717, 1.165) is 6.07 Å². The highest BCUT2D eigenvalue weighted by molar-refractivity contribution is 7.91. The van der Waals surface area contributed by atoms with Gasteiger partial charge in [-0.25, -0.2) is 21.2 Å². The van der Waals surface area contributed by atoms with Crippen LogP contribution in [0.4, 0.5) is 4.39 Å². The molecule has 1 aromatic rings. The Hall–Kier alpha value is -0.990. The molecule has 2 saturated heterocycles. The Balaban J connectivity index is 1.95. The van der Waals surface area contributed by atoms with Crippen LogP contribution in [0.5, 0.6) is 0 Å². The molecule has 3 rings (SSSR count). The lowest BCUT2D eigenvalue weighted by Crippen LogP contribution is -2.49. The van der Waals surface area contributed by atoms with E-state index in [1.165, 1.54) is 29.6 Å². The van der Waals surface area contributed by atoms with Crippen molar-refractivity contribution in [3.05, 3.63) is 29.6 Å². The molecule has 2 atom stereocenters. The summed E-state index contributed by atoms with van der Waals surface area (Å²) < 4.78 is 64.3. The molecule has 2 unspecified atom stereocenters. The first kappa shape index (κ1) is 16.9. The molecule has 0 N–H and O–H groups in total. The number of hydrogen-bond donors (Lipinski definition) is 0. The Bertz CT molecular complexity index is 821. The molecule has 2 bridgehead atoms. The molecule has 2 aliphatic rings. The third-order valence-electron chi connectivity index (χ3n) is 4.93. The second kappa shape index (κ2) is 5.53. The third-order valence-corrected chi connectivity index (χ3v) is 8.53. The van der Waals surface area contributed by atoms with E-state index in [4.69, 9.17) is 0 Å². The van der Waals surface area contributed by atoms with Gasteiger partial charge in [0.2, 0.25) is 10.0 Å². The third kappa shape index (κ3) is 2.92. The minimum atomic E-state index is -3.73. The molecule has 2 aliphatic heterocycles. The van der Waals surface area contributed by atoms with Crippen LogP contribution in [0.15, 0.2) is 23.1 Å². The van der Waals surface area contributed by atoms with Gasteiger partial charge in [0.05, 0.1) is 10.1 Å². The van der Waals surface area contributed by atoms with E-state index in [1.54, 1.807) is 0 Å². The van der Waals surface area contributed by atoms with Gasteiger partial charge in [-0.05, 0) is 56.4 Å². The molecule has 0 amide bonds. The van der Waals surface area contributed by atoms with Crippen molar-refractivity contribution < 1.29 is 21.2 Å². The Morgan fingerprint density at radius 3 is 2.13 bits per heavy atom. The number of benzene rings is 1. The Kier molecular flexibility index (Phi) is 4.05. The smallest absolute Gasteiger partial charge is 0.229 e. The Labute approximate surface area is 136 Å². The molecular formula is C15H20FNO4S2. The lowest BCUT2D eigenvalue weighted by Gasteiger charge is -2.37. The zero-order chi connectivity index (χ0) is 17.0. The van der Waals surface area contributed by atoms with E-state index in [-0.39, 0.29) is 22.5 Å². The second-order valence-corrected chi connectivity index (χ2v) is 10.7. The van der Waals surface area contributed by atoms with Crippen LogP contribution in [-0.2, 0) is 19.9 Å². The van der Waals surface area contributed by atoms with Crippen molar-refractivity contribution in [2.75, 3.05) is 6.26 Å². The fraction of sp³-hybridized carbons (Fsp3) is 0.600. The van der Waals surface area contributed by atoms with Crippen LogP contribution in [-0.4, -0.2) is 44.7 Å². The summed E-state index contributed by atoms with van der Waals surface area (Å²) in [5.41, 5.74) is 0.282. The average molecular weight is 361 g/mol. The first-order valence-corrected chi connectivity index (χ1v) is 11.0. The summed E-state index contributed by atoms with van der Waals surface area (Å²) in [6.45, 7) is 1.53. The van der Waals surface area contributed by atoms with Gasteiger partial charge >= 0.3 is 0 Å². The molecule has 0 saturated carbocycles. The molecule has 128 valence electrons. The lowest BCUT2D eigenvalue weighted by molar-refractivity contribution is 0.249. The monoisotopic (exact) mass is 361 g/mol. The fourth-order valence-corrected chi connectivity index (χ4v) is 6.85. The van der Waals surface area contributed by atoms with Crippen LogP contribution < -0.4 is 0 Å². The van der Waals surface area contributed by atoms with Crippen molar-refractivity contribution in [3.63, 3.8) is 0 Å². The summed E-state index contributed by atoms with van der Waals surface area (Å²) in [6, 6.07) is 3.20. The summed E-state index contributed by atoms with van der Waals surface area (Å²) in [5, 5.41) is -0.471. The van der Waals surface area contributed by atoms with Crippen LogP contribution in [0.2, 0.25) is 0 Å². The largest absolute Gasteiger partial charge is 0.243 e. The summed E-state index contributed by atoms with van der Waals surface area (Å²) in [4.78, 5) is 0.0751. The number of nitrogens with zero attached hydrogens (tertiary/aromatic N) is 1. The van der Waals surface area contributed by atoms with Gasteiger partial charge in [-0.15, -0.1) is 0 Å². The van der Waals surface area contributed by atoms with Crippen molar-refractivity contribution >= 4 is 19.9 Å². The van der Waals surface area contributed by atoms with E-state index in [9.17, 15) is 21.2 Å². The molecule has 5 nitrogen and oxygen atoms in total. The van der Waals surface area contributed by atoms with E-state index in [1.807, 2.05) is 0 Å². The van der Waals surface area contributed by atoms with Crippen molar-refractivity contribution in [3.8, 4) is 0 Å². The standard InChI is InChI=1S/C15H20FNO4S2/c1-10-7-13(5-6-15(10)16)23(20,21)17-11-3-4-12(17)9-14(8-11)22(2,18)19/h5-7,11-12,14H,3-4,8-9H2,1-2H3. The van der Waals surface area contributed by atoms with Gasteiger partial charge in [-0.2, -0.15) is 4.31 Å². The maximum Gasteiger partial charge on any atom is 0.243 e.